The summed E-state index contributed by atoms with van der Waals surface area (Å²) in [6.45, 7) is 1.91. The molecule has 1 unspecified atom stereocenters. The Morgan fingerprint density at radius 3 is 2.74 bits per heavy atom. The summed E-state index contributed by atoms with van der Waals surface area (Å²) >= 11 is 0. The summed E-state index contributed by atoms with van der Waals surface area (Å²) in [5, 5.41) is 6.21. The van der Waals surface area contributed by atoms with Gasteiger partial charge in [-0.05, 0) is 43.7 Å². The Hall–Kier alpha value is -1.75. The molecule has 2 rings (SSSR count). The van der Waals surface area contributed by atoms with Crippen LogP contribution in [-0.2, 0) is 0 Å². The second-order valence-corrected chi connectivity index (χ2v) is 4.77. The van der Waals surface area contributed by atoms with E-state index < -0.39 is 0 Å². The molecule has 1 saturated heterocycles. The molecule has 1 fully saturated rings. The van der Waals surface area contributed by atoms with Gasteiger partial charge in [-0.2, -0.15) is 0 Å². The summed E-state index contributed by atoms with van der Waals surface area (Å²) in [7, 11) is 3.47. The fourth-order valence-corrected chi connectivity index (χ4v) is 2.22. The van der Waals surface area contributed by atoms with E-state index in [-0.39, 0.29) is 12.1 Å². The summed E-state index contributed by atoms with van der Waals surface area (Å²) in [6, 6.07) is 7.54. The second kappa shape index (κ2) is 6.43. The highest BCUT2D eigenvalue weighted by Crippen LogP contribution is 2.16. The fourth-order valence-electron chi connectivity index (χ4n) is 2.22. The maximum atomic E-state index is 12.1. The molecule has 19 heavy (non-hydrogen) atoms. The van der Waals surface area contributed by atoms with Gasteiger partial charge in [-0.25, -0.2) is 4.79 Å². The van der Waals surface area contributed by atoms with Gasteiger partial charge >= 0.3 is 6.03 Å². The molecule has 1 heterocycles. The van der Waals surface area contributed by atoms with Crippen molar-refractivity contribution >= 4 is 11.7 Å². The van der Waals surface area contributed by atoms with Crippen molar-refractivity contribution in [3.8, 4) is 5.75 Å². The van der Waals surface area contributed by atoms with Crippen LogP contribution in [0.25, 0.3) is 0 Å². The minimum atomic E-state index is -0.0705. The van der Waals surface area contributed by atoms with Crippen LogP contribution in [0, 0.1) is 0 Å². The predicted molar refractivity (Wildman–Crippen MR) is 75.7 cm³/mol. The van der Waals surface area contributed by atoms with Gasteiger partial charge in [0.25, 0.3) is 0 Å². The van der Waals surface area contributed by atoms with Crippen molar-refractivity contribution < 1.29 is 9.53 Å². The zero-order valence-electron chi connectivity index (χ0n) is 11.5. The van der Waals surface area contributed by atoms with Gasteiger partial charge in [0.05, 0.1) is 7.11 Å². The average molecular weight is 263 g/mol. The summed E-state index contributed by atoms with van der Waals surface area (Å²) in [5.74, 6) is 0.780. The van der Waals surface area contributed by atoms with Crippen LogP contribution in [0.2, 0.25) is 0 Å². The quantitative estimate of drug-likeness (QED) is 0.876. The van der Waals surface area contributed by atoms with Crippen LogP contribution in [0.5, 0.6) is 5.75 Å². The summed E-state index contributed by atoms with van der Waals surface area (Å²) in [4.78, 5) is 13.9. The van der Waals surface area contributed by atoms with Gasteiger partial charge in [0, 0.05) is 25.3 Å². The molecule has 1 aliphatic heterocycles. The minimum absolute atomic E-state index is 0.0705. The highest BCUT2D eigenvalue weighted by molar-refractivity contribution is 5.89. The van der Waals surface area contributed by atoms with Crippen molar-refractivity contribution in [1.29, 1.82) is 0 Å². The monoisotopic (exact) mass is 263 g/mol. The number of methoxy groups -OCH3 is 1. The molecule has 0 aliphatic carbocycles. The Morgan fingerprint density at radius 1 is 1.42 bits per heavy atom. The lowest BCUT2D eigenvalue weighted by Gasteiger charge is -2.31. The summed E-state index contributed by atoms with van der Waals surface area (Å²) < 4.78 is 5.09. The average Bonchev–Trinajstić information content (AvgIpc) is 2.48. The number of benzene rings is 1. The van der Waals surface area contributed by atoms with Gasteiger partial charge in [0.2, 0.25) is 0 Å². The summed E-state index contributed by atoms with van der Waals surface area (Å²) in [5.41, 5.74) is 0.779. The summed E-state index contributed by atoms with van der Waals surface area (Å²) in [6.07, 6.45) is 2.17. The Labute approximate surface area is 113 Å². The van der Waals surface area contributed by atoms with E-state index in [9.17, 15) is 4.79 Å². The largest absolute Gasteiger partial charge is 0.497 e. The van der Waals surface area contributed by atoms with E-state index in [0.717, 1.165) is 37.4 Å². The van der Waals surface area contributed by atoms with Gasteiger partial charge in [-0.3, -0.25) is 0 Å². The molecule has 2 N–H and O–H groups in total. The zero-order chi connectivity index (χ0) is 13.7. The molecular weight excluding hydrogens is 242 g/mol. The van der Waals surface area contributed by atoms with Crippen LogP contribution < -0.4 is 15.4 Å². The first kappa shape index (κ1) is 13.7. The van der Waals surface area contributed by atoms with Crippen molar-refractivity contribution in [2.75, 3.05) is 32.6 Å². The lowest BCUT2D eigenvalue weighted by Crippen LogP contribution is -2.48. The number of hydrogen-bond donors (Lipinski definition) is 2. The van der Waals surface area contributed by atoms with Gasteiger partial charge in [0.1, 0.15) is 5.75 Å². The van der Waals surface area contributed by atoms with Crippen molar-refractivity contribution in [3.05, 3.63) is 24.3 Å². The van der Waals surface area contributed by atoms with Crippen LogP contribution >= 0.6 is 0 Å². The van der Waals surface area contributed by atoms with Crippen LogP contribution in [0.4, 0.5) is 10.5 Å². The molecule has 104 valence electrons. The molecule has 1 aromatic carbocycles. The van der Waals surface area contributed by atoms with E-state index in [2.05, 4.69) is 10.6 Å². The van der Waals surface area contributed by atoms with Gasteiger partial charge < -0.3 is 20.3 Å². The van der Waals surface area contributed by atoms with Gasteiger partial charge in [-0.15, -0.1) is 0 Å². The highest BCUT2D eigenvalue weighted by atomic mass is 16.5. The maximum absolute atomic E-state index is 12.1. The van der Waals surface area contributed by atoms with E-state index in [1.807, 2.05) is 31.3 Å². The third-order valence-electron chi connectivity index (χ3n) is 3.48. The number of rotatable bonds is 3. The number of hydrogen-bond acceptors (Lipinski definition) is 3. The molecule has 0 bridgehead atoms. The molecule has 1 aromatic rings. The number of piperidine rings is 1. The lowest BCUT2D eigenvalue weighted by molar-refractivity contribution is 0.191. The molecule has 5 heteroatoms. The Kier molecular flexibility index (Phi) is 4.63. The fraction of sp³-hybridized carbons (Fsp3) is 0.500. The second-order valence-electron chi connectivity index (χ2n) is 4.77. The van der Waals surface area contributed by atoms with Crippen LogP contribution in [0.15, 0.2) is 24.3 Å². The number of likely N-dealkylation sites (N-methyl/N-ethyl adjacent to an activating group) is 1. The highest BCUT2D eigenvalue weighted by Gasteiger charge is 2.21. The topological polar surface area (TPSA) is 53.6 Å². The smallest absolute Gasteiger partial charge is 0.321 e. The van der Waals surface area contributed by atoms with Crippen LogP contribution in [0.1, 0.15) is 12.8 Å². The molecule has 5 nitrogen and oxygen atoms in total. The normalized spacial score (nSPS) is 18.7. The number of nitrogens with zero attached hydrogens (tertiary/aromatic N) is 1. The number of carbonyl (C=O) groups is 1. The van der Waals surface area contributed by atoms with E-state index in [4.69, 9.17) is 4.74 Å². The molecular formula is C14H21N3O2. The molecule has 1 atom stereocenters. The van der Waals surface area contributed by atoms with Gasteiger partial charge in [-0.1, -0.05) is 0 Å². The Balaban J connectivity index is 1.91. The molecule has 1 aliphatic rings. The van der Waals surface area contributed by atoms with Crippen molar-refractivity contribution in [1.82, 2.24) is 10.2 Å². The predicted octanol–water partition coefficient (Wildman–Crippen LogP) is 1.91. The van der Waals surface area contributed by atoms with Crippen molar-refractivity contribution in [3.63, 3.8) is 0 Å². The Bertz CT molecular complexity index is 413. The first-order valence-corrected chi connectivity index (χ1v) is 6.59. The van der Waals surface area contributed by atoms with Gasteiger partial charge in [0.15, 0.2) is 0 Å². The first-order valence-electron chi connectivity index (χ1n) is 6.59. The van der Waals surface area contributed by atoms with Crippen LogP contribution in [0.3, 0.4) is 0 Å². The number of urea groups is 1. The minimum Gasteiger partial charge on any atom is -0.497 e. The van der Waals surface area contributed by atoms with E-state index in [1.54, 1.807) is 12.0 Å². The molecule has 0 spiro atoms. The molecule has 0 saturated carbocycles. The standard InChI is InChI=1S/C14H21N3O2/c1-17(12-4-3-9-15-10-12)14(18)16-11-5-7-13(19-2)8-6-11/h5-8,12,15H,3-4,9-10H2,1-2H3,(H,16,18). The van der Waals surface area contributed by atoms with Crippen molar-refractivity contribution in [2.24, 2.45) is 0 Å². The Morgan fingerprint density at radius 2 is 2.16 bits per heavy atom. The van der Waals surface area contributed by atoms with E-state index in [1.165, 1.54) is 0 Å². The number of nitrogens with one attached hydrogen (secondary N) is 2. The zero-order valence-corrected chi connectivity index (χ0v) is 11.5. The number of carbonyl (C=O) groups excluding carboxylic acids is 1. The lowest BCUT2D eigenvalue weighted by atomic mass is 10.1. The molecule has 0 aromatic heterocycles. The third-order valence-corrected chi connectivity index (χ3v) is 3.48. The number of amides is 2. The SMILES string of the molecule is COc1ccc(NC(=O)N(C)C2CCCNC2)cc1. The maximum Gasteiger partial charge on any atom is 0.321 e. The molecule has 0 radical (unpaired) electrons. The van der Waals surface area contributed by atoms with Crippen LogP contribution in [-0.4, -0.2) is 44.2 Å². The first-order chi connectivity index (χ1) is 9.20. The van der Waals surface area contributed by atoms with E-state index >= 15 is 0 Å². The number of ether oxygens (including phenoxy) is 1. The van der Waals surface area contributed by atoms with Crippen molar-refractivity contribution in [2.45, 2.75) is 18.9 Å². The molecule has 2 amide bonds. The number of anilines is 1. The van der Waals surface area contributed by atoms with E-state index in [0.29, 0.717) is 0 Å². The third kappa shape index (κ3) is 3.61.